The van der Waals surface area contributed by atoms with Crippen molar-refractivity contribution in [2.75, 3.05) is 0 Å². The molecular formula is C20H19ClN2OS2. The number of carbonyl (C=O) groups is 1. The summed E-state index contributed by atoms with van der Waals surface area (Å²) in [6.45, 7) is 8.67. The Kier molecular flexibility index (Phi) is 6.01. The Balaban J connectivity index is 1.99. The minimum absolute atomic E-state index is 0.249. The molecule has 26 heavy (non-hydrogen) atoms. The van der Waals surface area contributed by atoms with Crippen LogP contribution in [0.1, 0.15) is 24.2 Å². The molecule has 1 heterocycles. The summed E-state index contributed by atoms with van der Waals surface area (Å²) in [5.41, 5.74) is 1.58. The summed E-state index contributed by atoms with van der Waals surface area (Å²) in [5.74, 6) is -0.249. The average molecular weight is 403 g/mol. The van der Waals surface area contributed by atoms with E-state index in [9.17, 15) is 4.79 Å². The van der Waals surface area contributed by atoms with Crippen molar-refractivity contribution in [2.24, 2.45) is 4.99 Å². The van der Waals surface area contributed by atoms with Gasteiger partial charge in [0.15, 0.2) is 4.80 Å². The zero-order valence-electron chi connectivity index (χ0n) is 14.6. The molecule has 0 unspecified atom stereocenters. The van der Waals surface area contributed by atoms with Crippen molar-refractivity contribution < 1.29 is 4.79 Å². The summed E-state index contributed by atoms with van der Waals surface area (Å²) in [7, 11) is 0. The van der Waals surface area contributed by atoms with Crippen molar-refractivity contribution in [1.29, 1.82) is 0 Å². The van der Waals surface area contributed by atoms with Gasteiger partial charge < -0.3 is 4.57 Å². The van der Waals surface area contributed by atoms with E-state index in [1.807, 2.05) is 47.0 Å². The first-order chi connectivity index (χ1) is 12.5. The zero-order chi connectivity index (χ0) is 18.7. The van der Waals surface area contributed by atoms with Crippen LogP contribution >= 0.6 is 34.7 Å². The van der Waals surface area contributed by atoms with Crippen LogP contribution in [0, 0.1) is 0 Å². The number of aromatic nitrogens is 1. The van der Waals surface area contributed by atoms with Gasteiger partial charge in [0.2, 0.25) is 0 Å². The van der Waals surface area contributed by atoms with E-state index < -0.39 is 0 Å². The van der Waals surface area contributed by atoms with Crippen molar-refractivity contribution in [3.63, 3.8) is 0 Å². The van der Waals surface area contributed by atoms with E-state index in [-0.39, 0.29) is 5.91 Å². The Morgan fingerprint density at radius 1 is 1.31 bits per heavy atom. The van der Waals surface area contributed by atoms with Gasteiger partial charge in [0.1, 0.15) is 0 Å². The number of halogens is 1. The summed E-state index contributed by atoms with van der Waals surface area (Å²) >= 11 is 9.31. The van der Waals surface area contributed by atoms with Crippen LogP contribution in [0.5, 0.6) is 0 Å². The number of thioether (sulfide) groups is 1. The van der Waals surface area contributed by atoms with Crippen molar-refractivity contribution >= 4 is 50.8 Å². The molecule has 0 aliphatic carbocycles. The monoisotopic (exact) mass is 402 g/mol. The molecule has 0 aliphatic rings. The minimum atomic E-state index is -0.249. The van der Waals surface area contributed by atoms with E-state index in [4.69, 9.17) is 11.6 Å². The average Bonchev–Trinajstić information content (AvgIpc) is 2.91. The molecule has 0 N–H and O–H groups in total. The maximum absolute atomic E-state index is 12.6. The van der Waals surface area contributed by atoms with Gasteiger partial charge in [-0.15, -0.1) is 18.3 Å². The van der Waals surface area contributed by atoms with Crippen molar-refractivity contribution in [1.82, 2.24) is 4.57 Å². The second-order valence-electron chi connectivity index (χ2n) is 6.00. The Labute approximate surface area is 166 Å². The van der Waals surface area contributed by atoms with E-state index in [0.29, 0.717) is 27.2 Å². The molecule has 3 aromatic rings. The van der Waals surface area contributed by atoms with Crippen LogP contribution in [-0.4, -0.2) is 15.7 Å². The van der Waals surface area contributed by atoms with E-state index >= 15 is 0 Å². The lowest BCUT2D eigenvalue weighted by Crippen LogP contribution is -2.16. The first-order valence-corrected chi connectivity index (χ1v) is 10.3. The SMILES string of the molecule is C=CCn1c(=NC(=O)c2ccc(SC(C)C)cc2)sc2cc(Cl)ccc21. The second kappa shape index (κ2) is 8.25. The van der Waals surface area contributed by atoms with Gasteiger partial charge in [0.25, 0.3) is 5.91 Å². The molecule has 6 heteroatoms. The summed E-state index contributed by atoms with van der Waals surface area (Å²) < 4.78 is 2.97. The molecule has 0 spiro atoms. The van der Waals surface area contributed by atoms with Crippen LogP contribution in [0.15, 0.2) is 65.0 Å². The fraction of sp³-hybridized carbons (Fsp3) is 0.200. The Hall–Kier alpha value is -1.82. The van der Waals surface area contributed by atoms with E-state index in [0.717, 1.165) is 15.1 Å². The standard InChI is InChI=1S/C20H19ClN2OS2/c1-4-11-23-17-10-7-15(21)12-18(17)26-20(23)22-19(24)14-5-8-16(9-6-14)25-13(2)3/h4-10,12-13H,1,11H2,2-3H3. The number of rotatable bonds is 5. The molecule has 3 rings (SSSR count). The Bertz CT molecular complexity index is 1020. The van der Waals surface area contributed by atoms with Gasteiger partial charge in [-0.05, 0) is 42.5 Å². The van der Waals surface area contributed by atoms with Crippen LogP contribution < -0.4 is 4.80 Å². The smallest absolute Gasteiger partial charge is 0.279 e. The highest BCUT2D eigenvalue weighted by Gasteiger charge is 2.09. The lowest BCUT2D eigenvalue weighted by Gasteiger charge is -2.04. The number of allylic oxidation sites excluding steroid dienone is 1. The number of hydrogen-bond donors (Lipinski definition) is 0. The Morgan fingerprint density at radius 3 is 2.69 bits per heavy atom. The van der Waals surface area contributed by atoms with Gasteiger partial charge in [0, 0.05) is 27.3 Å². The summed E-state index contributed by atoms with van der Waals surface area (Å²) in [6, 6.07) is 13.3. The summed E-state index contributed by atoms with van der Waals surface area (Å²) in [5, 5.41) is 1.17. The summed E-state index contributed by atoms with van der Waals surface area (Å²) in [6.07, 6.45) is 1.79. The largest absolute Gasteiger partial charge is 0.312 e. The van der Waals surface area contributed by atoms with Crippen LogP contribution in [0.3, 0.4) is 0 Å². The van der Waals surface area contributed by atoms with Crippen LogP contribution in [0.25, 0.3) is 10.2 Å². The molecule has 0 bridgehead atoms. The third-order valence-electron chi connectivity index (χ3n) is 3.63. The molecule has 0 atom stereocenters. The van der Waals surface area contributed by atoms with E-state index in [2.05, 4.69) is 25.4 Å². The minimum Gasteiger partial charge on any atom is -0.312 e. The molecule has 1 aromatic heterocycles. The molecule has 134 valence electrons. The third kappa shape index (κ3) is 4.29. The number of carbonyl (C=O) groups excluding carboxylic acids is 1. The second-order valence-corrected chi connectivity index (χ2v) is 9.10. The van der Waals surface area contributed by atoms with E-state index in [1.54, 1.807) is 17.8 Å². The third-order valence-corrected chi connectivity index (χ3v) is 5.92. The normalized spacial score (nSPS) is 12.1. The van der Waals surface area contributed by atoms with Gasteiger partial charge in [-0.2, -0.15) is 4.99 Å². The van der Waals surface area contributed by atoms with E-state index in [1.165, 1.54) is 11.3 Å². The van der Waals surface area contributed by atoms with Gasteiger partial charge >= 0.3 is 0 Å². The number of benzene rings is 2. The van der Waals surface area contributed by atoms with Crippen molar-refractivity contribution in [3.8, 4) is 0 Å². The maximum Gasteiger partial charge on any atom is 0.279 e. The molecule has 3 nitrogen and oxygen atoms in total. The zero-order valence-corrected chi connectivity index (χ0v) is 17.0. The quantitative estimate of drug-likeness (QED) is 0.400. The molecule has 0 saturated carbocycles. The van der Waals surface area contributed by atoms with Crippen molar-refractivity contribution in [2.45, 2.75) is 30.5 Å². The molecular weight excluding hydrogens is 384 g/mol. The number of thiazole rings is 1. The highest BCUT2D eigenvalue weighted by Crippen LogP contribution is 2.24. The predicted octanol–water partition coefficient (Wildman–Crippen LogP) is 5.78. The maximum atomic E-state index is 12.6. The lowest BCUT2D eigenvalue weighted by molar-refractivity contribution is 0.0998. The van der Waals surface area contributed by atoms with Crippen LogP contribution in [0.4, 0.5) is 0 Å². The highest BCUT2D eigenvalue weighted by molar-refractivity contribution is 7.99. The van der Waals surface area contributed by atoms with Gasteiger partial charge in [-0.25, -0.2) is 0 Å². The Morgan fingerprint density at radius 2 is 2.04 bits per heavy atom. The predicted molar refractivity (Wildman–Crippen MR) is 112 cm³/mol. The molecule has 0 saturated heterocycles. The van der Waals surface area contributed by atoms with Gasteiger partial charge in [-0.1, -0.05) is 42.9 Å². The van der Waals surface area contributed by atoms with Gasteiger partial charge in [-0.3, -0.25) is 4.79 Å². The topological polar surface area (TPSA) is 34.4 Å². The molecule has 0 aliphatic heterocycles. The van der Waals surface area contributed by atoms with Crippen LogP contribution in [-0.2, 0) is 6.54 Å². The molecule has 0 radical (unpaired) electrons. The fourth-order valence-electron chi connectivity index (χ4n) is 2.54. The fourth-order valence-corrected chi connectivity index (χ4v) is 4.69. The highest BCUT2D eigenvalue weighted by atomic mass is 35.5. The number of amides is 1. The number of hydrogen-bond acceptors (Lipinski definition) is 3. The molecule has 2 aromatic carbocycles. The number of fused-ring (bicyclic) bond motifs is 1. The van der Waals surface area contributed by atoms with Crippen molar-refractivity contribution in [3.05, 3.63) is 70.5 Å². The van der Waals surface area contributed by atoms with Crippen LogP contribution in [0.2, 0.25) is 5.02 Å². The molecule has 1 amide bonds. The van der Waals surface area contributed by atoms with Gasteiger partial charge in [0.05, 0.1) is 10.2 Å². The summed E-state index contributed by atoms with van der Waals surface area (Å²) in [4.78, 5) is 18.8. The number of nitrogens with zero attached hydrogens (tertiary/aromatic N) is 2. The lowest BCUT2D eigenvalue weighted by atomic mass is 10.2. The first kappa shape index (κ1) is 19.0. The first-order valence-electron chi connectivity index (χ1n) is 8.23. The molecule has 0 fully saturated rings.